The minimum absolute atomic E-state index is 0.0630. The van der Waals surface area contributed by atoms with Gasteiger partial charge in [0, 0.05) is 24.2 Å². The van der Waals surface area contributed by atoms with Crippen molar-refractivity contribution in [2.45, 2.75) is 44.8 Å². The van der Waals surface area contributed by atoms with Crippen molar-refractivity contribution in [3.63, 3.8) is 0 Å². The van der Waals surface area contributed by atoms with Gasteiger partial charge in [-0.1, -0.05) is 23.7 Å². The van der Waals surface area contributed by atoms with Crippen LogP contribution in [0.4, 0.5) is 4.79 Å². The normalized spacial score (nSPS) is 25.3. The predicted octanol–water partition coefficient (Wildman–Crippen LogP) is 2.81. The number of urea groups is 1. The van der Waals surface area contributed by atoms with Crippen molar-refractivity contribution in [3.8, 4) is 0 Å². The van der Waals surface area contributed by atoms with Gasteiger partial charge in [-0.05, 0) is 44.4 Å². The Labute approximate surface area is 141 Å². The molecule has 1 aromatic rings. The Morgan fingerprint density at radius 1 is 1.35 bits per heavy atom. The molecule has 0 spiro atoms. The van der Waals surface area contributed by atoms with Crippen LogP contribution in [0.15, 0.2) is 24.3 Å². The van der Waals surface area contributed by atoms with Crippen molar-refractivity contribution in [1.29, 1.82) is 0 Å². The van der Waals surface area contributed by atoms with Gasteiger partial charge in [0.05, 0.1) is 6.04 Å². The molecule has 6 heteroatoms. The number of carbonyl (C=O) groups is 2. The molecule has 3 rings (SSSR count). The van der Waals surface area contributed by atoms with E-state index in [2.05, 4.69) is 5.32 Å². The van der Waals surface area contributed by atoms with E-state index in [1.165, 1.54) is 0 Å². The third-order valence-electron chi connectivity index (χ3n) is 4.86. The molecule has 2 saturated heterocycles. The summed E-state index contributed by atoms with van der Waals surface area (Å²) in [5.74, 6) is 0.0630. The van der Waals surface area contributed by atoms with Crippen LogP contribution in [-0.2, 0) is 4.79 Å². The molecular weight excluding hydrogens is 314 g/mol. The van der Waals surface area contributed by atoms with Crippen LogP contribution in [0.1, 0.15) is 38.3 Å². The maximum absolute atomic E-state index is 12.6. The number of halogens is 1. The number of rotatable bonds is 2. The Bertz CT molecular complexity index is 604. The van der Waals surface area contributed by atoms with Gasteiger partial charge in [-0.2, -0.15) is 0 Å². The third-order valence-corrected chi connectivity index (χ3v) is 5.12. The molecule has 2 fully saturated rings. The van der Waals surface area contributed by atoms with Gasteiger partial charge in [0.2, 0.25) is 5.91 Å². The Balaban J connectivity index is 1.67. The molecular formula is C17H22ClN3O2. The first kappa shape index (κ1) is 16.1. The molecule has 0 bridgehead atoms. The summed E-state index contributed by atoms with van der Waals surface area (Å²) in [4.78, 5) is 28.6. The van der Waals surface area contributed by atoms with E-state index in [9.17, 15) is 9.59 Å². The molecule has 1 N–H and O–H groups in total. The zero-order valence-electron chi connectivity index (χ0n) is 13.5. The molecule has 0 aromatic heterocycles. The molecule has 5 nitrogen and oxygen atoms in total. The van der Waals surface area contributed by atoms with Crippen molar-refractivity contribution in [3.05, 3.63) is 34.9 Å². The van der Waals surface area contributed by atoms with Crippen LogP contribution in [0.25, 0.3) is 0 Å². The van der Waals surface area contributed by atoms with Gasteiger partial charge in [-0.15, -0.1) is 0 Å². The summed E-state index contributed by atoms with van der Waals surface area (Å²) in [5, 5.41) is 3.66. The lowest BCUT2D eigenvalue weighted by Crippen LogP contribution is -2.61. The van der Waals surface area contributed by atoms with Gasteiger partial charge in [0.1, 0.15) is 6.04 Å². The zero-order valence-corrected chi connectivity index (χ0v) is 14.2. The minimum atomic E-state index is -0.401. The summed E-state index contributed by atoms with van der Waals surface area (Å²) < 4.78 is 0. The van der Waals surface area contributed by atoms with E-state index < -0.39 is 6.04 Å². The van der Waals surface area contributed by atoms with Gasteiger partial charge in [-0.3, -0.25) is 4.79 Å². The first-order valence-corrected chi connectivity index (χ1v) is 8.48. The SMILES string of the molecule is C[C@H](NC(=O)N1C[C@@H]2CCCN2C(=O)[C@H]1C)c1ccc(Cl)cc1. The standard InChI is InChI=1S/C17H22ClN3O2/c1-11(13-5-7-14(18)8-6-13)19-17(23)21-10-15-4-3-9-20(15)16(22)12(21)2/h5-8,11-12,15H,3-4,9-10H2,1-2H3,(H,19,23)/t11-,12+,15-/m0/s1. The van der Waals surface area contributed by atoms with Gasteiger partial charge >= 0.3 is 6.03 Å². The fraction of sp³-hybridized carbons (Fsp3) is 0.529. The van der Waals surface area contributed by atoms with Crippen molar-refractivity contribution < 1.29 is 9.59 Å². The van der Waals surface area contributed by atoms with E-state index in [1.54, 1.807) is 4.90 Å². The molecule has 124 valence electrons. The summed E-state index contributed by atoms with van der Waals surface area (Å²) in [6.45, 7) is 5.18. The first-order chi connectivity index (χ1) is 11.0. The van der Waals surface area contributed by atoms with Gasteiger partial charge in [-0.25, -0.2) is 4.79 Å². The summed E-state index contributed by atoms with van der Waals surface area (Å²) in [6, 6.07) is 6.88. The molecule has 3 atom stereocenters. The number of hydrogen-bond acceptors (Lipinski definition) is 2. The highest BCUT2D eigenvalue weighted by Crippen LogP contribution is 2.26. The Kier molecular flexibility index (Phi) is 4.48. The Hall–Kier alpha value is -1.75. The minimum Gasteiger partial charge on any atom is -0.336 e. The number of nitrogens with zero attached hydrogens (tertiary/aromatic N) is 2. The summed E-state index contributed by atoms with van der Waals surface area (Å²) >= 11 is 5.89. The lowest BCUT2D eigenvalue weighted by Gasteiger charge is -2.41. The number of amides is 3. The largest absolute Gasteiger partial charge is 0.336 e. The first-order valence-electron chi connectivity index (χ1n) is 8.10. The monoisotopic (exact) mass is 335 g/mol. The average molecular weight is 336 g/mol. The third kappa shape index (κ3) is 3.15. The molecule has 2 heterocycles. The molecule has 0 radical (unpaired) electrons. The predicted molar refractivity (Wildman–Crippen MR) is 89.3 cm³/mol. The number of piperazine rings is 1. The van der Waals surface area contributed by atoms with E-state index in [0.29, 0.717) is 11.6 Å². The second-order valence-corrected chi connectivity index (χ2v) is 6.82. The van der Waals surface area contributed by atoms with Gasteiger partial charge < -0.3 is 15.1 Å². The zero-order chi connectivity index (χ0) is 16.6. The summed E-state index contributed by atoms with van der Waals surface area (Å²) in [6.07, 6.45) is 2.01. The van der Waals surface area contributed by atoms with Crippen molar-refractivity contribution >= 4 is 23.5 Å². The molecule has 2 aliphatic heterocycles. The molecule has 0 aliphatic carbocycles. The highest BCUT2D eigenvalue weighted by atomic mass is 35.5. The molecule has 1 aromatic carbocycles. The number of nitrogens with one attached hydrogen (secondary N) is 1. The maximum atomic E-state index is 12.6. The second-order valence-electron chi connectivity index (χ2n) is 6.38. The van der Waals surface area contributed by atoms with E-state index in [-0.39, 0.29) is 24.0 Å². The summed E-state index contributed by atoms with van der Waals surface area (Å²) in [7, 11) is 0. The van der Waals surface area contributed by atoms with Crippen LogP contribution in [0.5, 0.6) is 0 Å². The molecule has 23 heavy (non-hydrogen) atoms. The smallest absolute Gasteiger partial charge is 0.318 e. The van der Waals surface area contributed by atoms with Crippen molar-refractivity contribution in [1.82, 2.24) is 15.1 Å². The van der Waals surface area contributed by atoms with E-state index in [1.807, 2.05) is 43.0 Å². The lowest BCUT2D eigenvalue weighted by atomic mass is 10.1. The number of carbonyl (C=O) groups excluding carboxylic acids is 2. The molecule has 3 amide bonds. The fourth-order valence-electron chi connectivity index (χ4n) is 3.44. The lowest BCUT2D eigenvalue weighted by molar-refractivity contribution is -0.140. The van der Waals surface area contributed by atoms with Crippen molar-refractivity contribution in [2.75, 3.05) is 13.1 Å². The number of fused-ring (bicyclic) bond motifs is 1. The maximum Gasteiger partial charge on any atom is 0.318 e. The highest BCUT2D eigenvalue weighted by Gasteiger charge is 2.42. The molecule has 0 unspecified atom stereocenters. The van der Waals surface area contributed by atoms with Crippen LogP contribution in [-0.4, -0.2) is 46.9 Å². The average Bonchev–Trinajstić information content (AvgIpc) is 3.00. The molecule has 0 saturated carbocycles. The fourth-order valence-corrected chi connectivity index (χ4v) is 3.56. The van der Waals surface area contributed by atoms with Crippen LogP contribution in [0.2, 0.25) is 5.02 Å². The number of hydrogen-bond donors (Lipinski definition) is 1. The topological polar surface area (TPSA) is 52.7 Å². The summed E-state index contributed by atoms with van der Waals surface area (Å²) in [5.41, 5.74) is 0.987. The quantitative estimate of drug-likeness (QED) is 0.903. The van der Waals surface area contributed by atoms with Gasteiger partial charge in [0.15, 0.2) is 0 Å². The molecule has 2 aliphatic rings. The Morgan fingerprint density at radius 3 is 2.74 bits per heavy atom. The van der Waals surface area contributed by atoms with Crippen LogP contribution >= 0.6 is 11.6 Å². The van der Waals surface area contributed by atoms with E-state index in [0.717, 1.165) is 24.9 Å². The van der Waals surface area contributed by atoms with E-state index in [4.69, 9.17) is 11.6 Å². The van der Waals surface area contributed by atoms with Crippen molar-refractivity contribution in [2.24, 2.45) is 0 Å². The highest BCUT2D eigenvalue weighted by molar-refractivity contribution is 6.30. The number of benzene rings is 1. The van der Waals surface area contributed by atoms with Gasteiger partial charge in [0.25, 0.3) is 0 Å². The van der Waals surface area contributed by atoms with E-state index >= 15 is 0 Å². The van der Waals surface area contributed by atoms with Crippen LogP contribution in [0, 0.1) is 0 Å². The van der Waals surface area contributed by atoms with Crippen LogP contribution < -0.4 is 5.32 Å². The Morgan fingerprint density at radius 2 is 2.04 bits per heavy atom. The van der Waals surface area contributed by atoms with Crippen LogP contribution in [0.3, 0.4) is 0 Å². The second kappa shape index (κ2) is 6.40.